The summed E-state index contributed by atoms with van der Waals surface area (Å²) in [6.45, 7) is 3.36. The number of rotatable bonds is 5. The van der Waals surface area contributed by atoms with E-state index in [2.05, 4.69) is 4.72 Å². The third kappa shape index (κ3) is 3.89. The molecule has 0 spiro atoms. The Hall–Kier alpha value is -1.72. The summed E-state index contributed by atoms with van der Waals surface area (Å²) in [7, 11) is -3.65. The van der Waals surface area contributed by atoms with Gasteiger partial charge in [-0.15, -0.1) is 0 Å². The van der Waals surface area contributed by atoms with E-state index in [1.807, 2.05) is 19.1 Å². The number of Topliss-reactive ketones (excluding diaryl/α,β-unsaturated/α-hetero) is 1. The van der Waals surface area contributed by atoms with Crippen LogP contribution in [0.4, 0.5) is 0 Å². The van der Waals surface area contributed by atoms with Crippen LogP contribution in [0.5, 0.6) is 0 Å². The van der Waals surface area contributed by atoms with Gasteiger partial charge in [0.2, 0.25) is 10.0 Å². The van der Waals surface area contributed by atoms with Crippen molar-refractivity contribution in [2.45, 2.75) is 32.7 Å². The highest BCUT2D eigenvalue weighted by Gasteiger charge is 2.26. The first-order valence-corrected chi connectivity index (χ1v) is 8.32. The maximum atomic E-state index is 12.4. The van der Waals surface area contributed by atoms with E-state index >= 15 is 0 Å². The summed E-state index contributed by atoms with van der Waals surface area (Å²) < 4.78 is 27.4. The molecule has 112 valence electrons. The summed E-state index contributed by atoms with van der Waals surface area (Å²) in [4.78, 5) is 12.1. The molecule has 1 unspecified atom stereocenters. The molecule has 0 heterocycles. The number of hydrogen-bond donors (Lipinski definition) is 1. The lowest BCUT2D eigenvalue weighted by Crippen LogP contribution is -2.33. The van der Waals surface area contributed by atoms with Crippen molar-refractivity contribution >= 4 is 15.8 Å². The van der Waals surface area contributed by atoms with Crippen molar-refractivity contribution in [2.75, 3.05) is 0 Å². The lowest BCUT2D eigenvalue weighted by Gasteiger charge is -2.19. The molecule has 1 N–H and O–H groups in total. The smallest absolute Gasteiger partial charge is 0.237 e. The largest absolute Gasteiger partial charge is 0.298 e. The van der Waals surface area contributed by atoms with Gasteiger partial charge >= 0.3 is 0 Å². The first-order valence-electron chi connectivity index (χ1n) is 6.84. The van der Waals surface area contributed by atoms with Gasteiger partial charge < -0.3 is 0 Å². The second-order valence-electron chi connectivity index (χ2n) is 5.22. The van der Waals surface area contributed by atoms with Crippen molar-refractivity contribution in [3.8, 4) is 0 Å². The Balaban J connectivity index is 2.27. The van der Waals surface area contributed by atoms with Crippen molar-refractivity contribution in [3.05, 3.63) is 58.5 Å². The molecule has 0 amide bonds. The van der Waals surface area contributed by atoms with E-state index in [1.165, 1.54) is 6.92 Å². The fourth-order valence-corrected chi connectivity index (χ4v) is 3.59. The number of carbonyl (C=O) groups is 1. The Kier molecular flexibility index (Phi) is 4.75. The highest BCUT2D eigenvalue weighted by molar-refractivity contribution is 7.93. The van der Waals surface area contributed by atoms with Crippen molar-refractivity contribution in [2.24, 2.45) is 0 Å². The van der Waals surface area contributed by atoms with Crippen molar-refractivity contribution in [1.82, 2.24) is 4.72 Å². The molecule has 1 aliphatic rings. The van der Waals surface area contributed by atoms with E-state index in [-0.39, 0.29) is 5.78 Å². The number of hydrogen-bond acceptors (Lipinski definition) is 3. The maximum Gasteiger partial charge on any atom is 0.237 e. The molecule has 0 fully saturated rings. The SMILES string of the molecule is CC(=O)C(NS(=O)(=O)C1=CC=C(C)CC1)c1ccccc1. The van der Waals surface area contributed by atoms with E-state index in [4.69, 9.17) is 0 Å². The molecule has 0 radical (unpaired) electrons. The second kappa shape index (κ2) is 6.37. The quantitative estimate of drug-likeness (QED) is 0.910. The minimum Gasteiger partial charge on any atom is -0.298 e. The van der Waals surface area contributed by atoms with Crippen LogP contribution in [-0.4, -0.2) is 14.2 Å². The van der Waals surface area contributed by atoms with Crippen LogP contribution >= 0.6 is 0 Å². The standard InChI is InChI=1S/C16H19NO3S/c1-12-8-10-15(11-9-12)21(19,20)17-16(13(2)18)14-6-4-3-5-7-14/h3-8,10,16-17H,9,11H2,1-2H3. The van der Waals surface area contributed by atoms with Gasteiger partial charge in [0, 0.05) is 0 Å². The van der Waals surface area contributed by atoms with Crippen LogP contribution in [0.25, 0.3) is 0 Å². The van der Waals surface area contributed by atoms with Crippen molar-refractivity contribution in [1.29, 1.82) is 0 Å². The summed E-state index contributed by atoms with van der Waals surface area (Å²) in [6, 6.07) is 8.04. The predicted octanol–water partition coefficient (Wildman–Crippen LogP) is 2.86. The van der Waals surface area contributed by atoms with Crippen molar-refractivity contribution < 1.29 is 13.2 Å². The van der Waals surface area contributed by atoms with Crippen molar-refractivity contribution in [3.63, 3.8) is 0 Å². The molecule has 0 aromatic heterocycles. The summed E-state index contributed by atoms with van der Waals surface area (Å²) in [6.07, 6.45) is 4.62. The maximum absolute atomic E-state index is 12.4. The average molecular weight is 305 g/mol. The van der Waals surface area contributed by atoms with Gasteiger partial charge in [0.05, 0.1) is 4.91 Å². The third-order valence-corrected chi connectivity index (χ3v) is 5.05. The first kappa shape index (κ1) is 15.7. The van der Waals surface area contributed by atoms with Gasteiger partial charge in [-0.3, -0.25) is 4.79 Å². The van der Waals surface area contributed by atoms with Crippen LogP contribution in [0, 0.1) is 0 Å². The van der Waals surface area contributed by atoms with Crippen LogP contribution in [0.1, 0.15) is 38.3 Å². The van der Waals surface area contributed by atoms with E-state index in [9.17, 15) is 13.2 Å². The minimum absolute atomic E-state index is 0.229. The zero-order chi connectivity index (χ0) is 15.5. The highest BCUT2D eigenvalue weighted by atomic mass is 32.2. The van der Waals surface area contributed by atoms with Crippen LogP contribution in [-0.2, 0) is 14.8 Å². The fourth-order valence-electron chi connectivity index (χ4n) is 2.21. The van der Waals surface area contributed by atoms with Gasteiger partial charge in [0.1, 0.15) is 6.04 Å². The molecular formula is C16H19NO3S. The minimum atomic E-state index is -3.65. The lowest BCUT2D eigenvalue weighted by atomic mass is 10.1. The summed E-state index contributed by atoms with van der Waals surface area (Å²) in [5, 5.41) is 0. The monoisotopic (exact) mass is 305 g/mol. The molecular weight excluding hydrogens is 286 g/mol. The molecule has 1 aliphatic carbocycles. The number of carbonyl (C=O) groups excluding carboxylic acids is 1. The predicted molar refractivity (Wildman–Crippen MR) is 83.0 cm³/mol. The zero-order valence-electron chi connectivity index (χ0n) is 12.2. The Morgan fingerprint density at radius 1 is 1.14 bits per heavy atom. The summed E-state index contributed by atoms with van der Waals surface area (Å²) in [5.74, 6) is -0.229. The average Bonchev–Trinajstić information content (AvgIpc) is 2.46. The number of sulfonamides is 1. The van der Waals surface area contributed by atoms with E-state index < -0.39 is 16.1 Å². The zero-order valence-corrected chi connectivity index (χ0v) is 13.0. The molecule has 1 aromatic rings. The Morgan fingerprint density at radius 3 is 2.33 bits per heavy atom. The molecule has 0 bridgehead atoms. The number of ketones is 1. The topological polar surface area (TPSA) is 63.2 Å². The molecule has 2 rings (SSSR count). The number of nitrogens with one attached hydrogen (secondary N) is 1. The molecule has 0 saturated heterocycles. The highest BCUT2D eigenvalue weighted by Crippen LogP contribution is 2.24. The second-order valence-corrected chi connectivity index (χ2v) is 6.99. The van der Waals surface area contributed by atoms with Gasteiger partial charge in [-0.2, -0.15) is 4.72 Å². The Bertz CT molecular complexity index is 687. The van der Waals surface area contributed by atoms with Crippen LogP contribution in [0.3, 0.4) is 0 Å². The van der Waals surface area contributed by atoms with E-state index in [1.54, 1.807) is 30.3 Å². The molecule has 21 heavy (non-hydrogen) atoms. The van der Waals surface area contributed by atoms with Gasteiger partial charge in [-0.25, -0.2) is 8.42 Å². The number of allylic oxidation sites excluding steroid dienone is 4. The molecule has 1 aromatic carbocycles. The van der Waals surface area contributed by atoms with Gasteiger partial charge in [-0.1, -0.05) is 42.0 Å². The van der Waals surface area contributed by atoms with Gasteiger partial charge in [0.15, 0.2) is 5.78 Å². The number of benzene rings is 1. The fraction of sp³-hybridized carbons (Fsp3) is 0.312. The molecule has 0 aliphatic heterocycles. The summed E-state index contributed by atoms with van der Waals surface area (Å²) in [5.41, 5.74) is 1.80. The van der Waals surface area contributed by atoms with Crippen LogP contribution in [0.15, 0.2) is 53.0 Å². The summed E-state index contributed by atoms with van der Waals surface area (Å²) >= 11 is 0. The van der Waals surface area contributed by atoms with Crippen LogP contribution < -0.4 is 4.72 Å². The molecule has 0 saturated carbocycles. The molecule has 5 heteroatoms. The van der Waals surface area contributed by atoms with E-state index in [0.29, 0.717) is 16.9 Å². The Labute approximate surface area is 125 Å². The first-order chi connectivity index (χ1) is 9.90. The van der Waals surface area contributed by atoms with E-state index in [0.717, 1.165) is 12.0 Å². The normalized spacial score (nSPS) is 16.9. The lowest BCUT2D eigenvalue weighted by molar-refractivity contribution is -0.118. The van der Waals surface area contributed by atoms with Gasteiger partial charge in [-0.05, 0) is 38.3 Å². The molecule has 4 nitrogen and oxygen atoms in total. The third-order valence-electron chi connectivity index (χ3n) is 3.48. The Morgan fingerprint density at radius 2 is 1.81 bits per heavy atom. The molecule has 1 atom stereocenters. The van der Waals surface area contributed by atoms with Gasteiger partial charge in [0.25, 0.3) is 0 Å². The van der Waals surface area contributed by atoms with Crippen LogP contribution in [0.2, 0.25) is 0 Å².